The zero-order valence-electron chi connectivity index (χ0n) is 11.2. The number of benzene rings is 2. The van der Waals surface area contributed by atoms with E-state index in [-0.39, 0.29) is 0 Å². The number of hydrogen-bond donors (Lipinski definition) is 0. The summed E-state index contributed by atoms with van der Waals surface area (Å²) in [4.78, 5) is 0.260. The summed E-state index contributed by atoms with van der Waals surface area (Å²) < 4.78 is 74.7. The van der Waals surface area contributed by atoms with Crippen LogP contribution >= 0.6 is 0 Å². The largest absolute Gasteiger partial charge is 0.504 e. The van der Waals surface area contributed by atoms with Gasteiger partial charge in [-0.05, 0) is 24.3 Å². The van der Waals surface area contributed by atoms with Gasteiger partial charge >= 0.3 is 4.38 Å². The maximum Gasteiger partial charge on any atom is 0.504 e. The first-order valence-corrected chi connectivity index (χ1v) is 8.91. The summed E-state index contributed by atoms with van der Waals surface area (Å²) in [6.45, 7) is 0. The van der Waals surface area contributed by atoms with Gasteiger partial charge in [0, 0.05) is 0 Å². The molecule has 0 N–H and O–H groups in total. The van der Waals surface area contributed by atoms with Crippen LogP contribution < -0.4 is 0 Å². The molecule has 0 aromatic heterocycles. The van der Waals surface area contributed by atoms with E-state index in [1.807, 2.05) is 0 Å². The van der Waals surface area contributed by atoms with Gasteiger partial charge < -0.3 is 5.53 Å². The third kappa shape index (κ3) is 2.91. The van der Waals surface area contributed by atoms with Gasteiger partial charge in [0.15, 0.2) is 0 Å². The molecule has 0 atom stereocenters. The van der Waals surface area contributed by atoms with E-state index >= 15 is 0 Å². The normalized spacial score (nSPS) is 11.7. The van der Waals surface area contributed by atoms with E-state index in [9.17, 15) is 25.6 Å². The van der Waals surface area contributed by atoms with Crippen molar-refractivity contribution in [1.29, 1.82) is 0 Å². The average Bonchev–Trinajstić information content (AvgIpc) is 2.47. The second kappa shape index (κ2) is 5.99. The minimum absolute atomic E-state index is 0.789. The number of hydrogen-bond acceptors (Lipinski definition) is 4. The zero-order valence-corrected chi connectivity index (χ0v) is 12.9. The van der Waals surface area contributed by atoms with Crippen molar-refractivity contribution in [3.63, 3.8) is 0 Å². The van der Waals surface area contributed by atoms with Crippen molar-refractivity contribution in [2.75, 3.05) is 0 Å². The number of nitrogens with zero attached hydrogens (tertiary/aromatic N) is 2. The van der Waals surface area contributed by atoms with Crippen LogP contribution in [0.25, 0.3) is 5.53 Å². The van der Waals surface area contributed by atoms with Crippen LogP contribution in [0, 0.1) is 11.6 Å². The zero-order chi connectivity index (χ0) is 17.3. The van der Waals surface area contributed by atoms with E-state index in [1.165, 1.54) is 12.1 Å². The predicted molar refractivity (Wildman–Crippen MR) is 75.8 cm³/mol. The highest BCUT2D eigenvalue weighted by atomic mass is 32.3. The summed E-state index contributed by atoms with van der Waals surface area (Å²) in [6, 6.07) is 7.86. The highest BCUT2D eigenvalue weighted by molar-refractivity contribution is 8.31. The van der Waals surface area contributed by atoms with Gasteiger partial charge in [-0.1, -0.05) is 24.3 Å². The van der Waals surface area contributed by atoms with Crippen molar-refractivity contribution in [3.8, 4) is 0 Å². The van der Waals surface area contributed by atoms with E-state index < -0.39 is 45.5 Å². The highest BCUT2D eigenvalue weighted by Crippen LogP contribution is 2.23. The van der Waals surface area contributed by atoms with Gasteiger partial charge in [0.05, 0.1) is 0 Å². The maximum atomic E-state index is 13.7. The van der Waals surface area contributed by atoms with Crippen LogP contribution in [0.15, 0.2) is 58.3 Å². The van der Waals surface area contributed by atoms with E-state index in [1.54, 1.807) is 0 Å². The Labute approximate surface area is 130 Å². The summed E-state index contributed by atoms with van der Waals surface area (Å²) in [7, 11) is -10.1. The number of halogens is 2. The summed E-state index contributed by atoms with van der Waals surface area (Å²) in [6.07, 6.45) is 0. The van der Waals surface area contributed by atoms with E-state index in [0.29, 0.717) is 0 Å². The van der Waals surface area contributed by atoms with Crippen LogP contribution in [-0.2, 0) is 19.7 Å². The summed E-state index contributed by atoms with van der Waals surface area (Å²) in [5, 5.41) is 0. The van der Waals surface area contributed by atoms with Crippen LogP contribution in [0.4, 0.5) is 8.78 Å². The van der Waals surface area contributed by atoms with Crippen LogP contribution in [0.3, 0.4) is 0 Å². The molecule has 2 aromatic carbocycles. The van der Waals surface area contributed by atoms with Gasteiger partial charge in [0.25, 0.3) is 19.7 Å². The molecule has 2 aromatic rings. The molecule has 0 unspecified atom stereocenters. The Balaban J connectivity index is 2.73. The van der Waals surface area contributed by atoms with Crippen LogP contribution in [0.1, 0.15) is 0 Å². The van der Waals surface area contributed by atoms with Gasteiger partial charge in [-0.25, -0.2) is 25.6 Å². The lowest BCUT2D eigenvalue weighted by Crippen LogP contribution is -2.27. The van der Waals surface area contributed by atoms with Gasteiger partial charge in [0.2, 0.25) is 0 Å². The van der Waals surface area contributed by atoms with Crippen LogP contribution in [-0.4, -0.2) is 26.0 Å². The highest BCUT2D eigenvalue weighted by Gasteiger charge is 2.46. The molecule has 0 saturated carbocycles. The first-order valence-electron chi connectivity index (χ1n) is 5.94. The molecular formula is C13H8F2N2O4S2. The van der Waals surface area contributed by atoms with E-state index in [2.05, 4.69) is 4.79 Å². The van der Waals surface area contributed by atoms with Crippen LogP contribution in [0.5, 0.6) is 0 Å². The first kappa shape index (κ1) is 16.9. The standard InChI is InChI=1S/C13H8F2N2O4S2/c14-9-5-1-3-7-11(9)22(18,19)13(17-16)23(20,21)12-8-4-2-6-10(12)15/h1-8H. The molecule has 0 aliphatic carbocycles. The van der Waals surface area contributed by atoms with Gasteiger partial charge in [0.1, 0.15) is 21.4 Å². The lowest BCUT2D eigenvalue weighted by molar-refractivity contribution is 0.00376. The summed E-state index contributed by atoms with van der Waals surface area (Å²) in [5.74, 6) is -2.48. The van der Waals surface area contributed by atoms with E-state index in [4.69, 9.17) is 5.53 Å². The molecule has 0 amide bonds. The van der Waals surface area contributed by atoms with Gasteiger partial charge in [-0.3, -0.25) is 0 Å². The quantitative estimate of drug-likeness (QED) is 0.353. The molecule has 0 spiro atoms. The molecule has 0 aliphatic rings. The molecular weight excluding hydrogens is 350 g/mol. The second-order valence-electron chi connectivity index (χ2n) is 4.23. The minimum atomic E-state index is -5.03. The Morgan fingerprint density at radius 3 is 1.43 bits per heavy atom. The topological polar surface area (TPSA) is 105 Å². The molecule has 2 rings (SSSR count). The van der Waals surface area contributed by atoms with E-state index in [0.717, 1.165) is 36.4 Å². The number of sulfone groups is 2. The molecule has 0 radical (unpaired) electrons. The molecule has 0 saturated heterocycles. The fraction of sp³-hybridized carbons (Fsp3) is 0. The molecule has 0 fully saturated rings. The molecule has 120 valence electrons. The second-order valence-corrected chi connectivity index (χ2v) is 8.16. The van der Waals surface area contributed by atoms with Gasteiger partial charge in [-0.15, -0.1) is 4.79 Å². The SMILES string of the molecule is [N-]=[N+]=C(S(=O)(=O)c1ccccc1F)S(=O)(=O)c1ccccc1F. The molecule has 6 nitrogen and oxygen atoms in total. The third-order valence-electron chi connectivity index (χ3n) is 2.79. The third-order valence-corrected chi connectivity index (χ3v) is 7.01. The molecule has 10 heteroatoms. The first-order chi connectivity index (χ1) is 10.7. The fourth-order valence-electron chi connectivity index (χ4n) is 1.77. The predicted octanol–water partition coefficient (Wildman–Crippen LogP) is 1.80. The van der Waals surface area contributed by atoms with Crippen molar-refractivity contribution >= 4 is 24.1 Å². The lowest BCUT2D eigenvalue weighted by atomic mass is 10.3. The smallest absolute Gasteiger partial charge is 0.359 e. The average molecular weight is 358 g/mol. The molecule has 0 bridgehead atoms. The number of rotatable bonds is 2. The van der Waals surface area contributed by atoms with Gasteiger partial charge in [-0.2, -0.15) is 0 Å². The Morgan fingerprint density at radius 1 is 0.783 bits per heavy atom. The Bertz CT molecular complexity index is 950. The molecule has 0 heterocycles. The van der Waals surface area contributed by atoms with Crippen molar-refractivity contribution < 1.29 is 30.4 Å². The summed E-state index contributed by atoms with van der Waals surface area (Å²) in [5.41, 5.74) is 8.89. The van der Waals surface area contributed by atoms with Crippen molar-refractivity contribution in [2.24, 2.45) is 0 Å². The minimum Gasteiger partial charge on any atom is -0.359 e. The maximum absolute atomic E-state index is 13.7. The Hall–Kier alpha value is -2.42. The van der Waals surface area contributed by atoms with Crippen molar-refractivity contribution in [3.05, 3.63) is 65.7 Å². The van der Waals surface area contributed by atoms with Crippen LogP contribution in [0.2, 0.25) is 0 Å². The molecule has 23 heavy (non-hydrogen) atoms. The van der Waals surface area contributed by atoms with Crippen molar-refractivity contribution in [2.45, 2.75) is 9.79 Å². The summed E-state index contributed by atoms with van der Waals surface area (Å²) >= 11 is 0. The fourth-order valence-corrected chi connectivity index (χ4v) is 5.22. The molecule has 0 aliphatic heterocycles. The lowest BCUT2D eigenvalue weighted by Gasteiger charge is -2.04. The monoisotopic (exact) mass is 358 g/mol. The Kier molecular flexibility index (Phi) is 4.42. The van der Waals surface area contributed by atoms with Crippen molar-refractivity contribution in [1.82, 2.24) is 0 Å². The Morgan fingerprint density at radius 2 is 1.13 bits per heavy atom.